The Hall–Kier alpha value is -0.990. The Labute approximate surface area is 117 Å². The lowest BCUT2D eigenvalue weighted by molar-refractivity contribution is -0.177. The summed E-state index contributed by atoms with van der Waals surface area (Å²) in [4.78, 5) is 24.5. The summed E-state index contributed by atoms with van der Waals surface area (Å²) in [6.45, 7) is 1.63. The molecule has 2 rings (SSSR count). The van der Waals surface area contributed by atoms with Crippen LogP contribution in [0.15, 0.2) is 0 Å². The monoisotopic (exact) mass is 306 g/mol. The average Bonchev–Trinajstić information content (AvgIpc) is 2.64. The van der Waals surface area contributed by atoms with Crippen LogP contribution in [0, 0.1) is 11.3 Å². The van der Waals surface area contributed by atoms with Crippen molar-refractivity contribution in [2.24, 2.45) is 11.3 Å². The number of aliphatic hydroxyl groups excluding tert-OH is 1. The molecule has 0 bridgehead atoms. The van der Waals surface area contributed by atoms with Crippen molar-refractivity contribution in [1.82, 2.24) is 0 Å². The van der Waals surface area contributed by atoms with Gasteiger partial charge < -0.3 is 14.6 Å². The predicted octanol–water partition coefficient (Wildman–Crippen LogP) is -1.07. The second-order valence-corrected chi connectivity index (χ2v) is 7.32. The molecule has 0 aliphatic carbocycles. The number of hydrogen-bond acceptors (Lipinski definition) is 7. The van der Waals surface area contributed by atoms with Crippen molar-refractivity contribution in [1.29, 1.82) is 0 Å². The zero-order valence-corrected chi connectivity index (χ0v) is 12.0. The number of hydrogen-bond donors (Lipinski definition) is 1. The second kappa shape index (κ2) is 5.42. The lowest BCUT2D eigenvalue weighted by Crippen LogP contribution is -2.56. The predicted molar refractivity (Wildman–Crippen MR) is 67.7 cm³/mol. The molecule has 0 saturated carbocycles. The molecule has 114 valence electrons. The van der Waals surface area contributed by atoms with E-state index in [0.717, 1.165) is 0 Å². The molecule has 2 aliphatic rings. The van der Waals surface area contributed by atoms with Gasteiger partial charge in [0.1, 0.15) is 0 Å². The SMILES string of the molecule is CCOC(=O)C1(C2CS(=O)(=O)CC2O)COCCC1=O. The first-order valence-corrected chi connectivity index (χ1v) is 8.32. The minimum Gasteiger partial charge on any atom is -0.465 e. The Bertz CT molecular complexity index is 512. The first-order chi connectivity index (χ1) is 9.33. The maximum Gasteiger partial charge on any atom is 0.322 e. The average molecular weight is 306 g/mol. The maximum atomic E-state index is 12.3. The minimum absolute atomic E-state index is 0.0160. The molecule has 8 heteroatoms. The van der Waals surface area contributed by atoms with Crippen molar-refractivity contribution in [3.63, 3.8) is 0 Å². The summed E-state index contributed by atoms with van der Waals surface area (Å²) in [5, 5.41) is 9.98. The van der Waals surface area contributed by atoms with Crippen LogP contribution in [0.25, 0.3) is 0 Å². The van der Waals surface area contributed by atoms with Gasteiger partial charge in [-0.25, -0.2) is 8.42 Å². The van der Waals surface area contributed by atoms with Gasteiger partial charge in [-0.05, 0) is 6.92 Å². The Morgan fingerprint density at radius 3 is 2.70 bits per heavy atom. The van der Waals surface area contributed by atoms with Gasteiger partial charge in [0.05, 0.1) is 37.4 Å². The summed E-state index contributed by atoms with van der Waals surface area (Å²) in [6.07, 6.45) is -1.24. The van der Waals surface area contributed by atoms with Gasteiger partial charge >= 0.3 is 5.97 Å². The minimum atomic E-state index is -3.47. The fraction of sp³-hybridized carbons (Fsp3) is 0.833. The van der Waals surface area contributed by atoms with Crippen molar-refractivity contribution in [3.05, 3.63) is 0 Å². The summed E-state index contributed by atoms with van der Waals surface area (Å²) in [7, 11) is -3.47. The quantitative estimate of drug-likeness (QED) is 0.522. The molecule has 7 nitrogen and oxygen atoms in total. The van der Waals surface area contributed by atoms with E-state index in [-0.39, 0.29) is 26.2 Å². The third kappa shape index (κ3) is 2.47. The number of ketones is 1. The van der Waals surface area contributed by atoms with Crippen LogP contribution in [0.1, 0.15) is 13.3 Å². The number of ether oxygens (including phenoxy) is 2. The molecule has 1 N–H and O–H groups in total. The Balaban J connectivity index is 2.41. The molecule has 0 radical (unpaired) electrons. The lowest BCUT2D eigenvalue weighted by Gasteiger charge is -2.38. The third-order valence-electron chi connectivity index (χ3n) is 3.90. The molecule has 20 heavy (non-hydrogen) atoms. The van der Waals surface area contributed by atoms with Crippen molar-refractivity contribution < 1.29 is 32.6 Å². The van der Waals surface area contributed by atoms with Gasteiger partial charge in [-0.15, -0.1) is 0 Å². The van der Waals surface area contributed by atoms with E-state index in [1.54, 1.807) is 6.92 Å². The van der Waals surface area contributed by atoms with E-state index in [1.165, 1.54) is 0 Å². The van der Waals surface area contributed by atoms with E-state index in [2.05, 4.69) is 0 Å². The van der Waals surface area contributed by atoms with Gasteiger partial charge in [0, 0.05) is 12.3 Å². The highest BCUT2D eigenvalue weighted by Crippen LogP contribution is 2.41. The van der Waals surface area contributed by atoms with Gasteiger partial charge in [-0.1, -0.05) is 0 Å². The fourth-order valence-electron chi connectivity index (χ4n) is 2.90. The molecule has 0 spiro atoms. The van der Waals surface area contributed by atoms with Crippen molar-refractivity contribution >= 4 is 21.6 Å². The summed E-state index contributed by atoms with van der Waals surface area (Å²) >= 11 is 0. The van der Waals surface area contributed by atoms with Gasteiger partial charge in [0.15, 0.2) is 21.0 Å². The van der Waals surface area contributed by atoms with Crippen LogP contribution in [-0.2, 0) is 28.9 Å². The van der Waals surface area contributed by atoms with Crippen molar-refractivity contribution in [3.8, 4) is 0 Å². The number of aliphatic hydroxyl groups is 1. The van der Waals surface area contributed by atoms with Crippen LogP contribution >= 0.6 is 0 Å². The molecule has 3 atom stereocenters. The zero-order valence-electron chi connectivity index (χ0n) is 11.2. The second-order valence-electron chi connectivity index (χ2n) is 5.17. The first-order valence-electron chi connectivity index (χ1n) is 6.50. The molecule has 0 aromatic carbocycles. The van der Waals surface area contributed by atoms with E-state index < -0.39 is 50.5 Å². The zero-order chi connectivity index (χ0) is 15.0. The number of carbonyl (C=O) groups excluding carboxylic acids is 2. The molecule has 3 unspecified atom stereocenters. The van der Waals surface area contributed by atoms with E-state index in [0.29, 0.717) is 0 Å². The highest BCUT2D eigenvalue weighted by molar-refractivity contribution is 7.91. The van der Waals surface area contributed by atoms with Crippen LogP contribution < -0.4 is 0 Å². The summed E-state index contributed by atoms with van der Waals surface area (Å²) in [5.74, 6) is -3.05. The lowest BCUT2D eigenvalue weighted by atomic mass is 9.69. The Morgan fingerprint density at radius 2 is 2.20 bits per heavy atom. The highest BCUT2D eigenvalue weighted by atomic mass is 32.2. The van der Waals surface area contributed by atoms with Crippen LogP contribution in [0.5, 0.6) is 0 Å². The number of carbonyl (C=O) groups is 2. The molecule has 2 saturated heterocycles. The number of sulfone groups is 1. The molecule has 0 amide bonds. The smallest absolute Gasteiger partial charge is 0.322 e. The van der Waals surface area contributed by atoms with Crippen LogP contribution in [-0.4, -0.2) is 62.7 Å². The van der Waals surface area contributed by atoms with Crippen molar-refractivity contribution in [2.75, 3.05) is 31.3 Å². The largest absolute Gasteiger partial charge is 0.465 e. The molecular formula is C12H18O7S. The van der Waals surface area contributed by atoms with E-state index >= 15 is 0 Å². The van der Waals surface area contributed by atoms with Crippen LogP contribution in [0.3, 0.4) is 0 Å². The molecule has 0 aromatic heterocycles. The van der Waals surface area contributed by atoms with Crippen LogP contribution in [0.2, 0.25) is 0 Å². The van der Waals surface area contributed by atoms with Crippen molar-refractivity contribution in [2.45, 2.75) is 19.4 Å². The molecule has 2 heterocycles. The summed E-state index contributed by atoms with van der Waals surface area (Å²) in [5.41, 5.74) is -1.70. The molecule has 2 fully saturated rings. The topological polar surface area (TPSA) is 107 Å². The maximum absolute atomic E-state index is 12.3. The molecule has 0 aromatic rings. The fourth-order valence-corrected chi connectivity index (χ4v) is 4.84. The Kier molecular flexibility index (Phi) is 4.17. The molecular weight excluding hydrogens is 288 g/mol. The summed E-state index contributed by atoms with van der Waals surface area (Å²) < 4.78 is 33.5. The van der Waals surface area contributed by atoms with Gasteiger partial charge in [0.2, 0.25) is 0 Å². The number of esters is 1. The Morgan fingerprint density at radius 1 is 1.50 bits per heavy atom. The van der Waals surface area contributed by atoms with Gasteiger partial charge in [-0.3, -0.25) is 9.59 Å². The number of Topliss-reactive ketones (excluding diaryl/α,β-unsaturated/α-hetero) is 1. The van der Waals surface area contributed by atoms with Gasteiger partial charge in [0.25, 0.3) is 0 Å². The highest BCUT2D eigenvalue weighted by Gasteiger charge is 2.60. The van der Waals surface area contributed by atoms with E-state index in [4.69, 9.17) is 9.47 Å². The molecule has 2 aliphatic heterocycles. The van der Waals surface area contributed by atoms with E-state index in [1.807, 2.05) is 0 Å². The van der Waals surface area contributed by atoms with E-state index in [9.17, 15) is 23.1 Å². The normalized spacial score (nSPS) is 36.8. The standard InChI is InChI=1S/C12H18O7S/c1-2-19-11(15)12(7-18-4-3-10(12)14)8-5-20(16,17)6-9(8)13/h8-9,13H,2-7H2,1H3. The number of rotatable bonds is 3. The van der Waals surface area contributed by atoms with Gasteiger partial charge in [-0.2, -0.15) is 0 Å². The summed E-state index contributed by atoms with van der Waals surface area (Å²) in [6, 6.07) is 0. The third-order valence-corrected chi connectivity index (χ3v) is 5.61. The first kappa shape index (κ1) is 15.4. The van der Waals surface area contributed by atoms with Crippen LogP contribution in [0.4, 0.5) is 0 Å².